The number of hydrogen-bond acceptors (Lipinski definition) is 8. The molecule has 2 atom stereocenters. The smallest absolute Gasteiger partial charge is 0.274 e. The molecular weight excluding hydrogens is 463 g/mol. The van der Waals surface area contributed by atoms with E-state index in [0.717, 1.165) is 47.7 Å². The maximum absolute atomic E-state index is 13.2. The number of anilines is 3. The minimum absolute atomic E-state index is 0.161. The summed E-state index contributed by atoms with van der Waals surface area (Å²) >= 11 is 0. The maximum Gasteiger partial charge on any atom is 0.274 e. The molecule has 184 valence electrons. The van der Waals surface area contributed by atoms with Gasteiger partial charge in [-0.2, -0.15) is 10.2 Å². The molecule has 2 unspecified atom stereocenters. The lowest BCUT2D eigenvalue weighted by Gasteiger charge is -2.41. The minimum Gasteiger partial charge on any atom is -0.347 e. The highest BCUT2D eigenvalue weighted by atomic mass is 19.1. The van der Waals surface area contributed by atoms with Crippen LogP contribution < -0.4 is 10.2 Å². The number of piperazine rings is 1. The van der Waals surface area contributed by atoms with Crippen LogP contribution in [0.5, 0.6) is 0 Å². The second-order valence-electron chi connectivity index (χ2n) is 9.33. The Kier molecular flexibility index (Phi) is 5.35. The van der Waals surface area contributed by atoms with Gasteiger partial charge < -0.3 is 15.1 Å². The van der Waals surface area contributed by atoms with E-state index in [2.05, 4.69) is 41.8 Å². The summed E-state index contributed by atoms with van der Waals surface area (Å²) in [5.41, 5.74) is 2.33. The first-order valence-electron chi connectivity index (χ1n) is 11.8. The monoisotopic (exact) mass is 488 g/mol. The van der Waals surface area contributed by atoms with E-state index in [-0.39, 0.29) is 23.7 Å². The summed E-state index contributed by atoms with van der Waals surface area (Å²) in [5, 5.41) is 22.5. The van der Waals surface area contributed by atoms with Crippen LogP contribution in [-0.2, 0) is 0 Å². The van der Waals surface area contributed by atoms with Gasteiger partial charge in [-0.3, -0.25) is 9.89 Å². The van der Waals surface area contributed by atoms with Crippen molar-refractivity contribution in [1.82, 2.24) is 40.1 Å². The van der Waals surface area contributed by atoms with Crippen molar-refractivity contribution in [2.45, 2.75) is 38.8 Å². The molecule has 2 N–H and O–H groups in total. The lowest BCUT2D eigenvalue weighted by molar-refractivity contribution is 0.0710. The number of fused-ring (bicyclic) bond motifs is 2. The number of halogens is 1. The molecule has 1 amide bonds. The zero-order chi connectivity index (χ0) is 24.8. The van der Waals surface area contributed by atoms with Crippen molar-refractivity contribution < 1.29 is 9.18 Å². The number of rotatable bonds is 5. The molecule has 6 heterocycles. The second kappa shape index (κ2) is 8.70. The van der Waals surface area contributed by atoms with E-state index in [0.29, 0.717) is 18.9 Å². The first-order chi connectivity index (χ1) is 17.4. The highest BCUT2D eigenvalue weighted by Gasteiger charge is 2.42. The van der Waals surface area contributed by atoms with Crippen molar-refractivity contribution in [1.29, 1.82) is 0 Å². The van der Waals surface area contributed by atoms with Crippen molar-refractivity contribution in [3.05, 3.63) is 65.5 Å². The van der Waals surface area contributed by atoms with E-state index in [1.165, 1.54) is 10.9 Å². The molecule has 0 radical (unpaired) electrons. The molecule has 2 fully saturated rings. The molecule has 0 saturated carbocycles. The van der Waals surface area contributed by atoms with Crippen LogP contribution in [0.1, 0.15) is 34.6 Å². The third-order valence-electron chi connectivity index (χ3n) is 6.61. The third-order valence-corrected chi connectivity index (χ3v) is 6.61. The molecule has 4 aromatic heterocycles. The molecule has 2 bridgehead atoms. The van der Waals surface area contributed by atoms with Gasteiger partial charge in [-0.15, -0.1) is 10.2 Å². The van der Waals surface area contributed by atoms with E-state index in [1.807, 2.05) is 30.9 Å². The average molecular weight is 489 g/mol. The number of carbonyl (C=O) groups excluding carboxylic acids is 1. The zero-order valence-electron chi connectivity index (χ0n) is 19.9. The fraction of sp³-hybridized carbons (Fsp3) is 0.333. The highest BCUT2D eigenvalue weighted by molar-refractivity contribution is 5.92. The number of pyridine rings is 1. The van der Waals surface area contributed by atoms with Crippen molar-refractivity contribution in [3.63, 3.8) is 0 Å². The van der Waals surface area contributed by atoms with Gasteiger partial charge in [0, 0.05) is 36.9 Å². The Morgan fingerprint density at radius 3 is 2.50 bits per heavy atom. The van der Waals surface area contributed by atoms with Crippen molar-refractivity contribution in [2.75, 3.05) is 23.3 Å². The third kappa shape index (κ3) is 4.14. The van der Waals surface area contributed by atoms with Crippen LogP contribution in [0.2, 0.25) is 0 Å². The summed E-state index contributed by atoms with van der Waals surface area (Å²) in [5.74, 6) is 2.08. The average Bonchev–Trinajstić information content (AvgIpc) is 3.55. The van der Waals surface area contributed by atoms with E-state index >= 15 is 0 Å². The van der Waals surface area contributed by atoms with Crippen LogP contribution >= 0.6 is 0 Å². The Morgan fingerprint density at radius 2 is 1.86 bits per heavy atom. The molecule has 2 aliphatic heterocycles. The van der Waals surface area contributed by atoms with Gasteiger partial charge in [-0.25, -0.2) is 14.1 Å². The molecule has 2 aliphatic rings. The highest BCUT2D eigenvalue weighted by Crippen LogP contribution is 2.35. The molecular formula is C24H25FN10O. The Morgan fingerprint density at radius 1 is 1.06 bits per heavy atom. The topological polar surface area (TPSA) is 121 Å². The predicted octanol–water partition coefficient (Wildman–Crippen LogP) is 2.77. The van der Waals surface area contributed by atoms with E-state index in [9.17, 15) is 9.18 Å². The van der Waals surface area contributed by atoms with Crippen LogP contribution in [0.15, 0.2) is 42.7 Å². The van der Waals surface area contributed by atoms with Gasteiger partial charge in [0.25, 0.3) is 5.91 Å². The number of hydrogen-bond donors (Lipinski definition) is 2. The fourth-order valence-electron chi connectivity index (χ4n) is 5.05. The van der Waals surface area contributed by atoms with E-state index < -0.39 is 5.82 Å². The second-order valence-corrected chi connectivity index (χ2v) is 9.33. The lowest BCUT2D eigenvalue weighted by Crippen LogP contribution is -2.55. The van der Waals surface area contributed by atoms with Crippen LogP contribution in [0, 0.1) is 19.7 Å². The number of aromatic amines is 1. The molecule has 0 aromatic carbocycles. The Hall–Kier alpha value is -4.35. The lowest BCUT2D eigenvalue weighted by atomic mass is 10.1. The number of carbonyl (C=O) groups is 1. The number of aryl methyl sites for hydroxylation is 2. The Balaban J connectivity index is 1.18. The van der Waals surface area contributed by atoms with E-state index in [1.54, 1.807) is 12.1 Å². The molecule has 11 nitrogen and oxygen atoms in total. The predicted molar refractivity (Wildman–Crippen MR) is 130 cm³/mol. The van der Waals surface area contributed by atoms with Crippen LogP contribution in [0.4, 0.5) is 21.8 Å². The minimum atomic E-state index is -0.465. The molecule has 2 saturated heterocycles. The van der Waals surface area contributed by atoms with Gasteiger partial charge in [0.1, 0.15) is 11.6 Å². The van der Waals surface area contributed by atoms with Crippen LogP contribution in [0.3, 0.4) is 0 Å². The normalized spacial score (nSPS) is 19.1. The molecule has 36 heavy (non-hydrogen) atoms. The summed E-state index contributed by atoms with van der Waals surface area (Å²) < 4.78 is 14.5. The first kappa shape index (κ1) is 22.1. The summed E-state index contributed by atoms with van der Waals surface area (Å²) in [4.78, 5) is 22.3. The van der Waals surface area contributed by atoms with Crippen molar-refractivity contribution in [2.24, 2.45) is 0 Å². The van der Waals surface area contributed by atoms with Crippen LogP contribution in [0.25, 0.3) is 5.82 Å². The van der Waals surface area contributed by atoms with Gasteiger partial charge in [-0.05, 0) is 56.5 Å². The summed E-state index contributed by atoms with van der Waals surface area (Å²) in [7, 11) is 0. The van der Waals surface area contributed by atoms with Crippen molar-refractivity contribution >= 4 is 23.4 Å². The molecule has 0 spiro atoms. The Labute approximate surface area is 206 Å². The summed E-state index contributed by atoms with van der Waals surface area (Å²) in [6.07, 6.45) is 4.27. The van der Waals surface area contributed by atoms with Crippen LogP contribution in [-0.4, -0.2) is 71.1 Å². The Bertz CT molecular complexity index is 1400. The number of aromatic nitrogens is 7. The number of amides is 1. The quantitative estimate of drug-likeness (QED) is 0.440. The zero-order valence-corrected chi connectivity index (χ0v) is 19.9. The standard InChI is InChI=1S/C24H25FN10O/c1-14-7-20(27-21-9-15(2)29-31-21)28-23(8-14)35-17-3-4-18(35)13-33(12-17)24(36)19-5-6-22(32-30-19)34-11-16(25)10-26-34/h5-11,17-18H,3-4,12-13H2,1-2H3,(H2,27,28,29,31). The fourth-order valence-corrected chi connectivity index (χ4v) is 5.05. The summed E-state index contributed by atoms with van der Waals surface area (Å²) in [6, 6.07) is 9.57. The van der Waals surface area contributed by atoms with Gasteiger partial charge in [0.05, 0.1) is 12.4 Å². The maximum atomic E-state index is 13.2. The van der Waals surface area contributed by atoms with Gasteiger partial charge in [-0.1, -0.05) is 0 Å². The summed E-state index contributed by atoms with van der Waals surface area (Å²) in [6.45, 7) is 5.17. The molecule has 0 aliphatic carbocycles. The van der Waals surface area contributed by atoms with Gasteiger partial charge in [0.15, 0.2) is 23.1 Å². The number of nitrogens with one attached hydrogen (secondary N) is 2. The largest absolute Gasteiger partial charge is 0.347 e. The number of likely N-dealkylation sites (tertiary alicyclic amines) is 1. The number of H-pyrrole nitrogens is 1. The van der Waals surface area contributed by atoms with Gasteiger partial charge in [0.2, 0.25) is 0 Å². The SMILES string of the molecule is Cc1cc(Nc2cc(C)[nH]n2)nc(N2C3CCC2CN(C(=O)c2ccc(-n4cc(F)cn4)nn2)C3)c1. The van der Waals surface area contributed by atoms with E-state index in [4.69, 9.17) is 4.98 Å². The van der Waals surface area contributed by atoms with Gasteiger partial charge >= 0.3 is 0 Å². The molecule has 12 heteroatoms. The molecule has 4 aromatic rings. The first-order valence-corrected chi connectivity index (χ1v) is 11.8. The molecule has 6 rings (SSSR count). The number of nitrogens with zero attached hydrogens (tertiary/aromatic N) is 8. The van der Waals surface area contributed by atoms with Crippen molar-refractivity contribution in [3.8, 4) is 5.82 Å².